The molecule has 8 heteroatoms. The molecule has 0 fully saturated rings. The molecule has 7 nitrogen and oxygen atoms in total. The number of rotatable bonds is 8. The van der Waals surface area contributed by atoms with Crippen LogP contribution < -0.4 is 5.32 Å². The third kappa shape index (κ3) is 4.89. The van der Waals surface area contributed by atoms with Gasteiger partial charge in [0, 0.05) is 31.5 Å². The van der Waals surface area contributed by atoms with E-state index in [1.807, 2.05) is 65.2 Å². The summed E-state index contributed by atoms with van der Waals surface area (Å²) in [5.41, 5.74) is 4.64. The number of hydrogen-bond acceptors (Lipinski definition) is 3. The summed E-state index contributed by atoms with van der Waals surface area (Å²) in [6.07, 6.45) is 3.46. The van der Waals surface area contributed by atoms with Crippen LogP contribution >= 0.6 is 0 Å². The summed E-state index contributed by atoms with van der Waals surface area (Å²) in [5, 5.41) is 8.05. The molecule has 2 aromatic carbocycles. The Balaban J connectivity index is 1.63. The normalized spacial score (nSPS) is 14.7. The number of halogens is 1. The molecule has 1 atom stereocenters. The Morgan fingerprint density at radius 3 is 2.59 bits per heavy atom. The first-order valence-corrected chi connectivity index (χ1v) is 12.8. The summed E-state index contributed by atoms with van der Waals surface area (Å²) in [6.45, 7) is 6.15. The molecule has 37 heavy (non-hydrogen) atoms. The second kappa shape index (κ2) is 11.0. The van der Waals surface area contributed by atoms with E-state index in [-0.39, 0.29) is 11.8 Å². The molecule has 2 aromatic heterocycles. The lowest BCUT2D eigenvalue weighted by Gasteiger charge is -2.31. The second-order valence-corrected chi connectivity index (χ2v) is 9.02. The van der Waals surface area contributed by atoms with Gasteiger partial charge in [0.1, 0.15) is 11.6 Å². The van der Waals surface area contributed by atoms with Crippen LogP contribution in [0.15, 0.2) is 72.9 Å². The lowest BCUT2D eigenvalue weighted by molar-refractivity contribution is 0.143. The second-order valence-electron chi connectivity index (χ2n) is 9.02. The van der Waals surface area contributed by atoms with E-state index >= 15 is 0 Å². The first-order valence-electron chi connectivity index (χ1n) is 12.8. The van der Waals surface area contributed by atoms with Crippen molar-refractivity contribution in [1.29, 1.82) is 0 Å². The number of fused-ring (bicyclic) bond motifs is 3. The van der Waals surface area contributed by atoms with Gasteiger partial charge in [-0.05, 0) is 61.7 Å². The molecule has 1 aliphatic heterocycles. The van der Waals surface area contributed by atoms with E-state index in [4.69, 9.17) is 9.84 Å². The summed E-state index contributed by atoms with van der Waals surface area (Å²) in [5.74, 6) is 0.609. The monoisotopic (exact) mass is 501 g/mol. The predicted molar refractivity (Wildman–Crippen MR) is 141 cm³/mol. The molecule has 0 unspecified atom stereocenters. The Labute approximate surface area is 216 Å². The number of nitrogens with one attached hydrogen (secondary N) is 1. The minimum Gasteiger partial charge on any atom is -0.382 e. The van der Waals surface area contributed by atoms with Crippen molar-refractivity contribution >= 4 is 6.03 Å². The maximum Gasteiger partial charge on any atom is 0.318 e. The van der Waals surface area contributed by atoms with Crippen LogP contribution in [0.4, 0.5) is 9.18 Å². The first kappa shape index (κ1) is 24.8. The maximum atomic E-state index is 13.9. The van der Waals surface area contributed by atoms with Crippen LogP contribution in [0.3, 0.4) is 0 Å². The summed E-state index contributed by atoms with van der Waals surface area (Å²) < 4.78 is 23.4. The van der Waals surface area contributed by atoms with Gasteiger partial charge in [0.15, 0.2) is 0 Å². The fourth-order valence-corrected chi connectivity index (χ4v) is 4.96. The number of ether oxygens (including phenoxy) is 1. The van der Waals surface area contributed by atoms with Crippen molar-refractivity contribution in [3.05, 3.63) is 101 Å². The number of benzene rings is 2. The van der Waals surface area contributed by atoms with Crippen LogP contribution in [0.2, 0.25) is 0 Å². The first-order chi connectivity index (χ1) is 18.1. The summed E-state index contributed by atoms with van der Waals surface area (Å²) >= 11 is 0. The minimum atomic E-state index is -0.413. The number of carbonyl (C=O) groups is 1. The number of aryl methyl sites for hydroxylation is 1. The van der Waals surface area contributed by atoms with E-state index in [0.29, 0.717) is 26.3 Å². The SMILES string of the molecule is CCOCCCNC(=O)N1Cc2c(CC)nn(-c3ccccc3)c2-n2cccc2[C@H]1c1ccc(F)cc1. The number of amides is 2. The molecule has 4 aromatic rings. The molecule has 192 valence electrons. The van der Waals surface area contributed by atoms with Crippen LogP contribution in [0.25, 0.3) is 11.5 Å². The Kier molecular flexibility index (Phi) is 7.37. The molecule has 0 saturated heterocycles. The highest BCUT2D eigenvalue weighted by molar-refractivity contribution is 5.76. The molecule has 0 bridgehead atoms. The van der Waals surface area contributed by atoms with Gasteiger partial charge in [-0.25, -0.2) is 13.9 Å². The van der Waals surface area contributed by atoms with Gasteiger partial charge in [0.05, 0.1) is 29.7 Å². The van der Waals surface area contributed by atoms with Gasteiger partial charge >= 0.3 is 6.03 Å². The van der Waals surface area contributed by atoms with Crippen molar-refractivity contribution in [3.8, 4) is 11.5 Å². The van der Waals surface area contributed by atoms with E-state index in [1.165, 1.54) is 12.1 Å². The zero-order chi connectivity index (χ0) is 25.8. The van der Waals surface area contributed by atoms with Gasteiger partial charge in [0.2, 0.25) is 0 Å². The van der Waals surface area contributed by atoms with Gasteiger partial charge in [-0.3, -0.25) is 0 Å². The lowest BCUT2D eigenvalue weighted by Crippen LogP contribution is -2.42. The van der Waals surface area contributed by atoms with Crippen molar-refractivity contribution in [2.45, 2.75) is 39.3 Å². The number of urea groups is 1. The van der Waals surface area contributed by atoms with Crippen molar-refractivity contribution in [2.24, 2.45) is 0 Å². The molecule has 5 rings (SSSR count). The molecular formula is C29H32FN5O2. The molecule has 0 radical (unpaired) electrons. The van der Waals surface area contributed by atoms with Crippen LogP contribution in [0.1, 0.15) is 48.8 Å². The van der Waals surface area contributed by atoms with Crippen molar-refractivity contribution in [3.63, 3.8) is 0 Å². The molecular weight excluding hydrogens is 469 g/mol. The number of aromatic nitrogens is 3. The number of para-hydroxylation sites is 1. The highest BCUT2D eigenvalue weighted by Gasteiger charge is 2.36. The highest BCUT2D eigenvalue weighted by Crippen LogP contribution is 2.38. The standard InChI is InChI=1S/C29H32FN5O2/c1-3-25-24-20-34(29(36)31-17-9-19-37-4-2)27(21-13-15-22(30)16-14-21)26-12-8-18-33(26)28(24)35(32-25)23-10-6-5-7-11-23/h5-8,10-16,18,27H,3-4,9,17,19-20H2,1-2H3,(H,31,36)/t27-/m1/s1. The van der Waals surface area contributed by atoms with Crippen molar-refractivity contribution in [1.82, 2.24) is 24.6 Å². The maximum absolute atomic E-state index is 13.9. The topological polar surface area (TPSA) is 64.3 Å². The van der Waals surface area contributed by atoms with Gasteiger partial charge in [-0.2, -0.15) is 5.10 Å². The quantitative estimate of drug-likeness (QED) is 0.329. The Morgan fingerprint density at radius 2 is 1.86 bits per heavy atom. The van der Waals surface area contributed by atoms with Gasteiger partial charge < -0.3 is 19.5 Å². The van der Waals surface area contributed by atoms with Crippen LogP contribution in [-0.4, -0.2) is 45.0 Å². The van der Waals surface area contributed by atoms with Crippen LogP contribution in [-0.2, 0) is 17.7 Å². The van der Waals surface area contributed by atoms with Crippen LogP contribution in [0.5, 0.6) is 0 Å². The van der Waals surface area contributed by atoms with Crippen molar-refractivity contribution < 1.29 is 13.9 Å². The van der Waals surface area contributed by atoms with E-state index in [0.717, 1.165) is 46.9 Å². The minimum absolute atomic E-state index is 0.180. The van der Waals surface area contributed by atoms with Crippen molar-refractivity contribution in [2.75, 3.05) is 19.8 Å². The third-order valence-corrected chi connectivity index (χ3v) is 6.70. The van der Waals surface area contributed by atoms with E-state index in [2.05, 4.69) is 16.8 Å². The van der Waals surface area contributed by atoms with Gasteiger partial charge in [-0.1, -0.05) is 37.3 Å². The summed E-state index contributed by atoms with van der Waals surface area (Å²) in [6, 6.07) is 19.8. The van der Waals surface area contributed by atoms with Crippen LogP contribution in [0, 0.1) is 5.82 Å². The predicted octanol–water partition coefficient (Wildman–Crippen LogP) is 5.41. The molecule has 1 aliphatic rings. The fraction of sp³-hybridized carbons (Fsp3) is 0.310. The summed E-state index contributed by atoms with van der Waals surface area (Å²) in [7, 11) is 0. The highest BCUT2D eigenvalue weighted by atomic mass is 19.1. The van der Waals surface area contributed by atoms with E-state index in [9.17, 15) is 9.18 Å². The Morgan fingerprint density at radius 1 is 1.08 bits per heavy atom. The Hall–Kier alpha value is -3.91. The van der Waals surface area contributed by atoms with Gasteiger partial charge in [0.25, 0.3) is 0 Å². The molecule has 0 aliphatic carbocycles. The van der Waals surface area contributed by atoms with E-state index < -0.39 is 6.04 Å². The number of nitrogens with zero attached hydrogens (tertiary/aromatic N) is 4. The third-order valence-electron chi connectivity index (χ3n) is 6.70. The molecule has 2 amide bonds. The Bertz CT molecular complexity index is 1350. The lowest BCUT2D eigenvalue weighted by atomic mass is 10.0. The fourth-order valence-electron chi connectivity index (χ4n) is 4.96. The smallest absolute Gasteiger partial charge is 0.318 e. The average molecular weight is 502 g/mol. The zero-order valence-corrected chi connectivity index (χ0v) is 21.2. The molecule has 0 spiro atoms. The number of hydrogen-bond donors (Lipinski definition) is 1. The molecule has 3 heterocycles. The van der Waals surface area contributed by atoms with Gasteiger partial charge in [-0.15, -0.1) is 0 Å². The largest absolute Gasteiger partial charge is 0.382 e. The van der Waals surface area contributed by atoms with E-state index in [1.54, 1.807) is 12.1 Å². The summed E-state index contributed by atoms with van der Waals surface area (Å²) in [4.78, 5) is 15.6. The molecule has 1 N–H and O–H groups in total. The zero-order valence-electron chi connectivity index (χ0n) is 21.2. The molecule has 0 saturated carbocycles. The average Bonchev–Trinajstić information content (AvgIpc) is 3.51. The number of carbonyl (C=O) groups excluding carboxylic acids is 1.